The fourth-order valence-electron chi connectivity index (χ4n) is 3.02. The summed E-state index contributed by atoms with van der Waals surface area (Å²) < 4.78 is 5.25. The lowest BCUT2D eigenvalue weighted by atomic mass is 9.94. The summed E-state index contributed by atoms with van der Waals surface area (Å²) in [6, 6.07) is 6.17. The molecule has 0 radical (unpaired) electrons. The van der Waals surface area contributed by atoms with E-state index in [1.165, 1.54) is 30.3 Å². The van der Waals surface area contributed by atoms with Crippen LogP contribution in [0.4, 0.5) is 5.69 Å². The molecule has 0 spiro atoms. The standard InChI is InChI=1S/C18H24N2O5S/c1-13(18(22)19(2)14-6-4-3-5-7-14)25-17(21)12-26-16-10-8-15(9-11-16)20(23)24/h8-11,13-14H,3-7,12H2,1-2H3/t13-/m0/s1. The first-order valence-electron chi connectivity index (χ1n) is 8.72. The summed E-state index contributed by atoms with van der Waals surface area (Å²) in [5, 5.41) is 10.6. The maximum Gasteiger partial charge on any atom is 0.317 e. The van der Waals surface area contributed by atoms with Gasteiger partial charge in [-0.05, 0) is 31.9 Å². The quantitative estimate of drug-likeness (QED) is 0.312. The Morgan fingerprint density at radius 2 is 1.88 bits per heavy atom. The molecule has 1 atom stereocenters. The minimum atomic E-state index is -0.813. The van der Waals surface area contributed by atoms with Crippen LogP contribution < -0.4 is 0 Å². The van der Waals surface area contributed by atoms with Crippen LogP contribution in [0.15, 0.2) is 29.2 Å². The van der Waals surface area contributed by atoms with Crippen molar-refractivity contribution in [2.24, 2.45) is 0 Å². The third-order valence-corrected chi connectivity index (χ3v) is 5.52. The number of carbonyl (C=O) groups excluding carboxylic acids is 2. The molecule has 1 aromatic carbocycles. The van der Waals surface area contributed by atoms with E-state index in [1.54, 1.807) is 31.0 Å². The molecule has 1 amide bonds. The van der Waals surface area contributed by atoms with Gasteiger partial charge >= 0.3 is 5.97 Å². The van der Waals surface area contributed by atoms with Crippen molar-refractivity contribution >= 4 is 29.3 Å². The number of esters is 1. The molecule has 0 unspecified atom stereocenters. The second-order valence-electron chi connectivity index (χ2n) is 6.41. The Bertz CT molecular complexity index is 643. The van der Waals surface area contributed by atoms with Crippen molar-refractivity contribution in [2.45, 2.75) is 56.1 Å². The molecular formula is C18H24N2O5S. The first-order valence-corrected chi connectivity index (χ1v) is 9.70. The topological polar surface area (TPSA) is 89.7 Å². The van der Waals surface area contributed by atoms with Gasteiger partial charge in [0.25, 0.3) is 11.6 Å². The van der Waals surface area contributed by atoms with Crippen LogP contribution in [-0.4, -0.2) is 46.6 Å². The van der Waals surface area contributed by atoms with Crippen LogP contribution in [0.2, 0.25) is 0 Å². The average Bonchev–Trinajstić information content (AvgIpc) is 2.66. The molecule has 2 rings (SSSR count). The van der Waals surface area contributed by atoms with Gasteiger partial charge in [0.05, 0.1) is 10.7 Å². The fraction of sp³-hybridized carbons (Fsp3) is 0.556. The Balaban J connectivity index is 1.78. The number of carbonyl (C=O) groups is 2. The molecule has 1 aliphatic carbocycles. The Hall–Kier alpha value is -2.09. The summed E-state index contributed by atoms with van der Waals surface area (Å²) in [7, 11) is 1.77. The molecule has 1 aromatic rings. The number of hydrogen-bond acceptors (Lipinski definition) is 6. The largest absolute Gasteiger partial charge is 0.452 e. The van der Waals surface area contributed by atoms with E-state index < -0.39 is 17.0 Å². The van der Waals surface area contributed by atoms with Gasteiger partial charge in [0.1, 0.15) is 0 Å². The normalized spacial score (nSPS) is 15.9. The molecule has 8 heteroatoms. The van der Waals surface area contributed by atoms with Crippen LogP contribution in [0.5, 0.6) is 0 Å². The number of likely N-dealkylation sites (N-methyl/N-ethyl adjacent to an activating group) is 1. The summed E-state index contributed by atoms with van der Waals surface area (Å²) in [5.74, 6) is -0.611. The molecule has 1 aliphatic rings. The Morgan fingerprint density at radius 3 is 2.46 bits per heavy atom. The lowest BCUT2D eigenvalue weighted by Crippen LogP contribution is -2.44. The number of nitro groups is 1. The van der Waals surface area contributed by atoms with Crippen molar-refractivity contribution in [1.29, 1.82) is 0 Å². The lowest BCUT2D eigenvalue weighted by Gasteiger charge is -2.32. The van der Waals surface area contributed by atoms with E-state index >= 15 is 0 Å². The number of benzene rings is 1. The highest BCUT2D eigenvalue weighted by Gasteiger charge is 2.27. The zero-order chi connectivity index (χ0) is 19.1. The van der Waals surface area contributed by atoms with Crippen LogP contribution in [0, 0.1) is 10.1 Å². The molecule has 0 N–H and O–H groups in total. The zero-order valence-corrected chi connectivity index (χ0v) is 15.9. The van der Waals surface area contributed by atoms with E-state index in [2.05, 4.69) is 0 Å². The second kappa shape index (κ2) is 9.56. The number of non-ortho nitro benzene ring substituents is 1. The van der Waals surface area contributed by atoms with Gasteiger partial charge in [-0.15, -0.1) is 11.8 Å². The van der Waals surface area contributed by atoms with E-state index in [-0.39, 0.29) is 23.4 Å². The third kappa shape index (κ3) is 5.72. The highest BCUT2D eigenvalue weighted by Crippen LogP contribution is 2.23. The second-order valence-corrected chi connectivity index (χ2v) is 7.46. The summed E-state index contributed by atoms with van der Waals surface area (Å²) in [5.41, 5.74) is 0.00175. The summed E-state index contributed by atoms with van der Waals surface area (Å²) in [6.07, 6.45) is 4.65. The fourth-order valence-corrected chi connectivity index (χ4v) is 3.70. The highest BCUT2D eigenvalue weighted by molar-refractivity contribution is 8.00. The molecule has 26 heavy (non-hydrogen) atoms. The van der Waals surface area contributed by atoms with Crippen LogP contribution in [-0.2, 0) is 14.3 Å². The van der Waals surface area contributed by atoms with Crippen molar-refractivity contribution in [3.8, 4) is 0 Å². The summed E-state index contributed by atoms with van der Waals surface area (Å²) in [6.45, 7) is 1.59. The molecule has 142 valence electrons. The van der Waals surface area contributed by atoms with Crippen LogP contribution in [0.1, 0.15) is 39.0 Å². The van der Waals surface area contributed by atoms with Gasteiger partial charge in [0.2, 0.25) is 0 Å². The monoisotopic (exact) mass is 380 g/mol. The number of hydrogen-bond donors (Lipinski definition) is 0. The van der Waals surface area contributed by atoms with E-state index in [4.69, 9.17) is 4.74 Å². The number of nitrogens with zero attached hydrogens (tertiary/aromatic N) is 2. The van der Waals surface area contributed by atoms with Gasteiger partial charge < -0.3 is 9.64 Å². The maximum atomic E-state index is 12.4. The van der Waals surface area contributed by atoms with Crippen LogP contribution in [0.3, 0.4) is 0 Å². The number of rotatable bonds is 7. The molecule has 1 saturated carbocycles. The van der Waals surface area contributed by atoms with Gasteiger partial charge in [0, 0.05) is 30.1 Å². The number of amides is 1. The average molecular weight is 380 g/mol. The molecule has 7 nitrogen and oxygen atoms in total. The van der Waals surface area contributed by atoms with Crippen molar-refractivity contribution in [2.75, 3.05) is 12.8 Å². The Kier molecular flexibility index (Phi) is 7.44. The van der Waals surface area contributed by atoms with Crippen molar-refractivity contribution in [1.82, 2.24) is 4.90 Å². The maximum absolute atomic E-state index is 12.4. The Labute approximate surface area is 157 Å². The van der Waals surface area contributed by atoms with E-state index in [0.717, 1.165) is 30.6 Å². The van der Waals surface area contributed by atoms with Crippen molar-refractivity contribution in [3.05, 3.63) is 34.4 Å². The first kappa shape index (κ1) is 20.2. The Morgan fingerprint density at radius 1 is 1.27 bits per heavy atom. The lowest BCUT2D eigenvalue weighted by molar-refractivity contribution is -0.384. The summed E-state index contributed by atoms with van der Waals surface area (Å²) >= 11 is 1.22. The number of thioether (sulfide) groups is 1. The highest BCUT2D eigenvalue weighted by atomic mass is 32.2. The van der Waals surface area contributed by atoms with Gasteiger partial charge in [-0.25, -0.2) is 0 Å². The molecular weight excluding hydrogens is 356 g/mol. The predicted octanol–water partition coefficient (Wildman–Crippen LogP) is 3.41. The minimum absolute atomic E-state index is 0.00175. The van der Waals surface area contributed by atoms with Crippen molar-refractivity contribution in [3.63, 3.8) is 0 Å². The molecule has 0 aliphatic heterocycles. The zero-order valence-electron chi connectivity index (χ0n) is 15.1. The van der Waals surface area contributed by atoms with Crippen molar-refractivity contribution < 1.29 is 19.2 Å². The van der Waals surface area contributed by atoms with Crippen LogP contribution in [0.25, 0.3) is 0 Å². The molecule has 0 bridgehead atoms. The molecule has 1 fully saturated rings. The molecule has 0 saturated heterocycles. The van der Waals surface area contributed by atoms with Crippen LogP contribution >= 0.6 is 11.8 Å². The van der Waals surface area contributed by atoms with E-state index in [0.29, 0.717) is 0 Å². The van der Waals surface area contributed by atoms with Gasteiger partial charge in [-0.2, -0.15) is 0 Å². The summed E-state index contributed by atoms with van der Waals surface area (Å²) in [4.78, 5) is 37.0. The molecule has 0 heterocycles. The van der Waals surface area contributed by atoms with Gasteiger partial charge in [0.15, 0.2) is 6.10 Å². The van der Waals surface area contributed by atoms with E-state index in [1.807, 2.05) is 0 Å². The smallest absolute Gasteiger partial charge is 0.317 e. The predicted molar refractivity (Wildman–Crippen MR) is 99.0 cm³/mol. The van der Waals surface area contributed by atoms with Gasteiger partial charge in [-0.3, -0.25) is 19.7 Å². The van der Waals surface area contributed by atoms with Gasteiger partial charge in [-0.1, -0.05) is 19.3 Å². The van der Waals surface area contributed by atoms with E-state index in [9.17, 15) is 19.7 Å². The molecule has 0 aromatic heterocycles. The SMILES string of the molecule is C[C@H](OC(=O)CSc1ccc([N+](=O)[O-])cc1)C(=O)N(C)C1CCCCC1. The number of nitro benzene ring substituents is 1. The first-order chi connectivity index (χ1) is 12.4. The minimum Gasteiger partial charge on any atom is -0.452 e. The number of ether oxygens (including phenoxy) is 1. The third-order valence-electron chi connectivity index (χ3n) is 4.53.